The molecule has 0 aliphatic rings. The van der Waals surface area contributed by atoms with Gasteiger partial charge in [0.15, 0.2) is 0 Å². The molecule has 0 unspecified atom stereocenters. The number of hydrogen-bond donors (Lipinski definition) is 2. The third-order valence-corrected chi connectivity index (χ3v) is 2.54. The zero-order chi connectivity index (χ0) is 13.8. The van der Waals surface area contributed by atoms with Crippen molar-refractivity contribution in [3.05, 3.63) is 41.7 Å². The lowest BCUT2D eigenvalue weighted by Gasteiger charge is -2.03. The first-order valence-electron chi connectivity index (χ1n) is 5.61. The topological polar surface area (TPSA) is 92.4 Å². The maximum Gasteiger partial charge on any atom is 0.322 e. The number of aryl methyl sites for hydroxylation is 1. The second kappa shape index (κ2) is 5.34. The Balaban J connectivity index is 2.33. The first-order chi connectivity index (χ1) is 9.09. The monoisotopic (exact) mass is 260 g/mol. The van der Waals surface area contributed by atoms with Gasteiger partial charge in [-0.15, -0.1) is 0 Å². The molecule has 2 N–H and O–H groups in total. The fraction of sp³-hybridized carbons (Fsp3) is 0.154. The summed E-state index contributed by atoms with van der Waals surface area (Å²) in [5.74, 6) is -1.27. The summed E-state index contributed by atoms with van der Waals surface area (Å²) >= 11 is 0. The zero-order valence-corrected chi connectivity index (χ0v) is 10.2. The van der Waals surface area contributed by atoms with E-state index in [1.54, 1.807) is 19.1 Å². The minimum Gasteiger partial charge on any atom is -0.480 e. The number of carbonyl (C=O) groups excluding carboxylic acids is 1. The van der Waals surface area contributed by atoms with Crippen LogP contribution >= 0.6 is 0 Å². The fourth-order valence-electron chi connectivity index (χ4n) is 1.68. The highest BCUT2D eigenvalue weighted by molar-refractivity contribution is 6.01. The molecule has 0 spiro atoms. The van der Waals surface area contributed by atoms with E-state index in [2.05, 4.69) is 10.5 Å². The third kappa shape index (κ3) is 2.79. The van der Waals surface area contributed by atoms with E-state index in [9.17, 15) is 9.59 Å². The van der Waals surface area contributed by atoms with E-state index in [0.717, 1.165) is 5.56 Å². The van der Waals surface area contributed by atoms with Crippen molar-refractivity contribution < 1.29 is 19.2 Å². The van der Waals surface area contributed by atoms with E-state index >= 15 is 0 Å². The van der Waals surface area contributed by atoms with Crippen molar-refractivity contribution in [2.75, 3.05) is 6.54 Å². The minimum atomic E-state index is -1.11. The summed E-state index contributed by atoms with van der Waals surface area (Å²) in [6, 6.07) is 9.08. The first-order valence-corrected chi connectivity index (χ1v) is 5.61. The molecule has 0 radical (unpaired) electrons. The number of carbonyl (C=O) groups is 2. The van der Waals surface area contributed by atoms with Crippen LogP contribution in [0, 0.1) is 6.92 Å². The van der Waals surface area contributed by atoms with Crippen LogP contribution in [0.5, 0.6) is 0 Å². The lowest BCUT2D eigenvalue weighted by atomic mass is 10.1. The largest absolute Gasteiger partial charge is 0.480 e. The molecule has 6 nitrogen and oxygen atoms in total. The summed E-state index contributed by atoms with van der Waals surface area (Å²) in [5.41, 5.74) is 1.40. The van der Waals surface area contributed by atoms with Crippen molar-refractivity contribution in [3.63, 3.8) is 0 Å². The number of benzene rings is 1. The van der Waals surface area contributed by atoms with Crippen molar-refractivity contribution >= 4 is 11.9 Å². The van der Waals surface area contributed by atoms with Gasteiger partial charge in [0.1, 0.15) is 23.6 Å². The average molecular weight is 260 g/mol. The van der Waals surface area contributed by atoms with E-state index in [-0.39, 0.29) is 5.56 Å². The molecule has 19 heavy (non-hydrogen) atoms. The standard InChI is InChI=1S/C13H12N2O4/c1-8-11(13(18)14-7-10(16)17)12(15-19-8)9-5-3-2-4-6-9/h2-6H,7H2,1H3,(H,14,18)(H,16,17). The van der Waals surface area contributed by atoms with Gasteiger partial charge in [-0.05, 0) is 6.92 Å². The predicted octanol–water partition coefficient (Wildman–Crippen LogP) is 1.46. The van der Waals surface area contributed by atoms with Gasteiger partial charge >= 0.3 is 5.97 Å². The molecular formula is C13H12N2O4. The highest BCUT2D eigenvalue weighted by Gasteiger charge is 2.21. The number of carboxylic acid groups (broad SMARTS) is 1. The highest BCUT2D eigenvalue weighted by Crippen LogP contribution is 2.24. The molecule has 0 aliphatic carbocycles. The lowest BCUT2D eigenvalue weighted by Crippen LogP contribution is -2.29. The van der Waals surface area contributed by atoms with Crippen LogP contribution in [-0.4, -0.2) is 28.7 Å². The molecule has 6 heteroatoms. The molecule has 1 aromatic carbocycles. The molecule has 2 aromatic rings. The van der Waals surface area contributed by atoms with Gasteiger partial charge in [0, 0.05) is 5.56 Å². The molecular weight excluding hydrogens is 248 g/mol. The Hall–Kier alpha value is -2.63. The van der Waals surface area contributed by atoms with Crippen LogP contribution in [0.15, 0.2) is 34.9 Å². The number of aliphatic carboxylic acids is 1. The lowest BCUT2D eigenvalue weighted by molar-refractivity contribution is -0.135. The Morgan fingerprint density at radius 2 is 2.00 bits per heavy atom. The summed E-state index contributed by atoms with van der Waals surface area (Å²) in [4.78, 5) is 22.4. The molecule has 0 saturated carbocycles. The van der Waals surface area contributed by atoms with Crippen molar-refractivity contribution in [2.45, 2.75) is 6.92 Å². The Bertz CT molecular complexity index is 604. The fourth-order valence-corrected chi connectivity index (χ4v) is 1.68. The van der Waals surface area contributed by atoms with Crippen molar-refractivity contribution in [1.82, 2.24) is 10.5 Å². The van der Waals surface area contributed by atoms with E-state index < -0.39 is 18.4 Å². The zero-order valence-electron chi connectivity index (χ0n) is 10.2. The van der Waals surface area contributed by atoms with Gasteiger partial charge in [-0.25, -0.2) is 0 Å². The molecule has 0 aliphatic heterocycles. The Labute approximate surface area is 109 Å². The number of rotatable bonds is 4. The molecule has 2 rings (SSSR count). The van der Waals surface area contributed by atoms with Crippen molar-refractivity contribution in [2.24, 2.45) is 0 Å². The SMILES string of the molecule is Cc1onc(-c2ccccc2)c1C(=O)NCC(=O)O. The summed E-state index contributed by atoms with van der Waals surface area (Å²) in [5, 5.41) is 14.7. The quantitative estimate of drug-likeness (QED) is 0.868. The first kappa shape index (κ1) is 12.8. The van der Waals surface area contributed by atoms with Gasteiger partial charge < -0.3 is 14.9 Å². The van der Waals surface area contributed by atoms with Gasteiger partial charge in [-0.3, -0.25) is 9.59 Å². The second-order valence-corrected chi connectivity index (χ2v) is 3.90. The van der Waals surface area contributed by atoms with E-state index in [4.69, 9.17) is 9.63 Å². The number of amides is 1. The normalized spacial score (nSPS) is 10.2. The maximum absolute atomic E-state index is 12.0. The van der Waals surface area contributed by atoms with Gasteiger partial charge in [-0.2, -0.15) is 0 Å². The van der Waals surface area contributed by atoms with Crippen LogP contribution < -0.4 is 5.32 Å². The summed E-state index contributed by atoms with van der Waals surface area (Å²) in [6.45, 7) is 1.16. The second-order valence-electron chi connectivity index (χ2n) is 3.90. The van der Waals surface area contributed by atoms with E-state index in [0.29, 0.717) is 11.5 Å². The van der Waals surface area contributed by atoms with Gasteiger partial charge in [-0.1, -0.05) is 35.5 Å². The molecule has 0 fully saturated rings. The van der Waals surface area contributed by atoms with Crippen LogP contribution in [0.2, 0.25) is 0 Å². The number of nitrogens with one attached hydrogen (secondary N) is 1. The van der Waals surface area contributed by atoms with E-state index in [1.807, 2.05) is 18.2 Å². The summed E-state index contributed by atoms with van der Waals surface area (Å²) in [6.07, 6.45) is 0. The Morgan fingerprint density at radius 1 is 1.32 bits per heavy atom. The van der Waals surface area contributed by atoms with Crippen LogP contribution in [0.1, 0.15) is 16.1 Å². The van der Waals surface area contributed by atoms with Crippen LogP contribution in [-0.2, 0) is 4.79 Å². The molecule has 0 bridgehead atoms. The van der Waals surface area contributed by atoms with Gasteiger partial charge in [0.05, 0.1) is 0 Å². The molecule has 98 valence electrons. The number of carboxylic acids is 1. The average Bonchev–Trinajstić information content (AvgIpc) is 2.79. The smallest absolute Gasteiger partial charge is 0.322 e. The van der Waals surface area contributed by atoms with Gasteiger partial charge in [0.25, 0.3) is 5.91 Å². The Kier molecular flexibility index (Phi) is 3.61. The summed E-state index contributed by atoms with van der Waals surface area (Å²) in [7, 11) is 0. The molecule has 0 atom stereocenters. The van der Waals surface area contributed by atoms with Crippen LogP contribution in [0.3, 0.4) is 0 Å². The highest BCUT2D eigenvalue weighted by atomic mass is 16.5. The van der Waals surface area contributed by atoms with E-state index in [1.165, 1.54) is 0 Å². The predicted molar refractivity (Wildman–Crippen MR) is 66.6 cm³/mol. The summed E-state index contributed by atoms with van der Waals surface area (Å²) < 4.78 is 5.02. The molecule has 0 saturated heterocycles. The van der Waals surface area contributed by atoms with Crippen LogP contribution in [0.4, 0.5) is 0 Å². The van der Waals surface area contributed by atoms with Crippen molar-refractivity contribution in [1.29, 1.82) is 0 Å². The minimum absolute atomic E-state index is 0.257. The van der Waals surface area contributed by atoms with Gasteiger partial charge in [0.2, 0.25) is 0 Å². The maximum atomic E-state index is 12.0. The Morgan fingerprint density at radius 3 is 2.63 bits per heavy atom. The number of aromatic nitrogens is 1. The molecule has 1 heterocycles. The van der Waals surface area contributed by atoms with Crippen molar-refractivity contribution in [3.8, 4) is 11.3 Å². The third-order valence-electron chi connectivity index (χ3n) is 2.54. The number of nitrogens with zero attached hydrogens (tertiary/aromatic N) is 1. The molecule has 1 aromatic heterocycles. The molecule has 1 amide bonds. The number of hydrogen-bond acceptors (Lipinski definition) is 4. The van der Waals surface area contributed by atoms with Crippen LogP contribution in [0.25, 0.3) is 11.3 Å².